The van der Waals surface area contributed by atoms with Gasteiger partial charge in [-0.15, -0.1) is 0 Å². The predicted molar refractivity (Wildman–Crippen MR) is 79.4 cm³/mol. The molecule has 0 saturated heterocycles. The molecular weight excluding hydrogens is 286 g/mol. The zero-order valence-corrected chi connectivity index (χ0v) is 12.2. The van der Waals surface area contributed by atoms with Crippen molar-refractivity contribution in [3.63, 3.8) is 0 Å². The van der Waals surface area contributed by atoms with Gasteiger partial charge in [0.1, 0.15) is 11.6 Å². The van der Waals surface area contributed by atoms with Crippen molar-refractivity contribution in [3.8, 4) is 17.6 Å². The van der Waals surface area contributed by atoms with E-state index in [9.17, 15) is 4.79 Å². The third-order valence-corrected chi connectivity index (χ3v) is 2.93. The maximum Gasteiger partial charge on any atom is 0.263 e. The molecule has 0 spiro atoms. The van der Waals surface area contributed by atoms with Crippen LogP contribution in [-0.4, -0.2) is 33.0 Å². The molecule has 116 valence electrons. The maximum atomic E-state index is 11.8. The summed E-state index contributed by atoms with van der Waals surface area (Å²) in [5.41, 5.74) is 0.694. The molecule has 1 aliphatic heterocycles. The molecule has 1 aromatic rings. The van der Waals surface area contributed by atoms with Crippen LogP contribution in [-0.2, 0) is 9.53 Å². The Morgan fingerprint density at radius 3 is 3.05 bits per heavy atom. The lowest BCUT2D eigenvalue weighted by Gasteiger charge is -2.05. The first-order valence-electron chi connectivity index (χ1n) is 6.78. The zero-order valence-electron chi connectivity index (χ0n) is 12.2. The standard InChI is InChI=1S/C15H17N3O4/c1-20-6-2-5-17-15(19)11(8-16)9-18-12-3-4-13-14(7-12)22-10-21-13/h3-4,7,9,18H,2,5-6,10H2,1H3,(H,17,19)/b11-9-. The topological polar surface area (TPSA) is 92.6 Å². The van der Waals surface area contributed by atoms with Crippen molar-refractivity contribution in [3.05, 3.63) is 30.0 Å². The van der Waals surface area contributed by atoms with Crippen molar-refractivity contribution in [1.29, 1.82) is 5.26 Å². The first-order chi connectivity index (χ1) is 10.7. The Bertz CT molecular complexity index is 607. The van der Waals surface area contributed by atoms with Gasteiger partial charge in [-0.3, -0.25) is 4.79 Å². The number of ether oxygens (including phenoxy) is 3. The van der Waals surface area contributed by atoms with Gasteiger partial charge in [0.25, 0.3) is 5.91 Å². The molecule has 0 unspecified atom stereocenters. The number of carbonyl (C=O) groups excluding carboxylic acids is 1. The van der Waals surface area contributed by atoms with Crippen molar-refractivity contribution >= 4 is 11.6 Å². The summed E-state index contributed by atoms with van der Waals surface area (Å²) in [6.45, 7) is 1.21. The van der Waals surface area contributed by atoms with Crippen LogP contribution >= 0.6 is 0 Å². The Morgan fingerprint density at radius 2 is 2.27 bits per heavy atom. The van der Waals surface area contributed by atoms with E-state index in [4.69, 9.17) is 19.5 Å². The molecule has 7 heteroatoms. The molecule has 0 aliphatic carbocycles. The van der Waals surface area contributed by atoms with E-state index in [2.05, 4.69) is 10.6 Å². The van der Waals surface area contributed by atoms with Crippen molar-refractivity contribution in [2.45, 2.75) is 6.42 Å². The summed E-state index contributed by atoms with van der Waals surface area (Å²) < 4.78 is 15.4. The molecule has 1 aromatic carbocycles. The van der Waals surface area contributed by atoms with Gasteiger partial charge < -0.3 is 24.8 Å². The van der Waals surface area contributed by atoms with E-state index in [1.165, 1.54) is 6.20 Å². The second kappa shape index (κ2) is 7.90. The van der Waals surface area contributed by atoms with Crippen LogP contribution in [0.2, 0.25) is 0 Å². The quantitative estimate of drug-likeness (QED) is 0.449. The van der Waals surface area contributed by atoms with E-state index >= 15 is 0 Å². The lowest BCUT2D eigenvalue weighted by atomic mass is 10.2. The number of methoxy groups -OCH3 is 1. The van der Waals surface area contributed by atoms with Gasteiger partial charge in [0, 0.05) is 38.2 Å². The number of hydrogen-bond donors (Lipinski definition) is 2. The minimum absolute atomic E-state index is 0.00455. The molecule has 0 fully saturated rings. The third kappa shape index (κ3) is 4.14. The summed E-state index contributed by atoms with van der Waals surface area (Å²) in [6, 6.07) is 7.14. The number of benzene rings is 1. The molecule has 1 amide bonds. The van der Waals surface area contributed by atoms with Gasteiger partial charge >= 0.3 is 0 Å². The number of nitrogens with one attached hydrogen (secondary N) is 2. The van der Waals surface area contributed by atoms with Crippen LogP contribution in [0.3, 0.4) is 0 Å². The Hall–Kier alpha value is -2.72. The number of anilines is 1. The minimum atomic E-state index is -0.424. The first kappa shape index (κ1) is 15.7. The fourth-order valence-electron chi connectivity index (χ4n) is 1.80. The molecular formula is C15H17N3O4. The number of amides is 1. The number of rotatable bonds is 7. The molecule has 1 aliphatic rings. The summed E-state index contributed by atoms with van der Waals surface area (Å²) in [7, 11) is 1.59. The molecule has 0 atom stereocenters. The van der Waals surface area contributed by atoms with Gasteiger partial charge in [0.2, 0.25) is 6.79 Å². The van der Waals surface area contributed by atoms with Crippen molar-refractivity contribution in [2.24, 2.45) is 0 Å². The highest BCUT2D eigenvalue weighted by atomic mass is 16.7. The van der Waals surface area contributed by atoms with E-state index < -0.39 is 5.91 Å². The van der Waals surface area contributed by atoms with Crippen molar-refractivity contribution in [2.75, 3.05) is 32.4 Å². The van der Waals surface area contributed by atoms with Crippen LogP contribution in [0.4, 0.5) is 5.69 Å². The Labute approximate surface area is 128 Å². The van der Waals surface area contributed by atoms with Crippen LogP contribution in [0.1, 0.15) is 6.42 Å². The predicted octanol–water partition coefficient (Wildman–Crippen LogP) is 1.39. The summed E-state index contributed by atoms with van der Waals surface area (Å²) >= 11 is 0. The lowest BCUT2D eigenvalue weighted by Crippen LogP contribution is -2.26. The summed E-state index contributed by atoms with van der Waals surface area (Å²) in [5.74, 6) is 0.874. The molecule has 1 heterocycles. The molecule has 0 saturated carbocycles. The normalized spacial score (nSPS) is 12.6. The summed E-state index contributed by atoms with van der Waals surface area (Å²) in [6.07, 6.45) is 2.06. The second-order valence-electron chi connectivity index (χ2n) is 4.48. The van der Waals surface area contributed by atoms with Crippen LogP contribution in [0, 0.1) is 11.3 Å². The number of hydrogen-bond acceptors (Lipinski definition) is 6. The van der Waals surface area contributed by atoms with Gasteiger partial charge in [0.15, 0.2) is 11.5 Å². The SMILES string of the molecule is COCCCNC(=O)/C(C#N)=C\Nc1ccc2c(c1)OCO2. The fraction of sp³-hybridized carbons (Fsp3) is 0.333. The average Bonchev–Trinajstić information content (AvgIpc) is 3.00. The Morgan fingerprint density at radius 1 is 1.45 bits per heavy atom. The Balaban J connectivity index is 1.92. The van der Waals surface area contributed by atoms with E-state index in [-0.39, 0.29) is 12.4 Å². The summed E-state index contributed by atoms with van der Waals surface area (Å²) in [4.78, 5) is 11.8. The number of nitrogens with zero attached hydrogens (tertiary/aromatic N) is 1. The zero-order chi connectivity index (χ0) is 15.8. The molecule has 0 radical (unpaired) electrons. The van der Waals surface area contributed by atoms with Gasteiger partial charge in [-0.2, -0.15) is 5.26 Å². The van der Waals surface area contributed by atoms with Gasteiger partial charge in [0.05, 0.1) is 0 Å². The van der Waals surface area contributed by atoms with Crippen molar-refractivity contribution in [1.82, 2.24) is 5.32 Å². The third-order valence-electron chi connectivity index (χ3n) is 2.93. The molecule has 22 heavy (non-hydrogen) atoms. The molecule has 0 aromatic heterocycles. The van der Waals surface area contributed by atoms with Gasteiger partial charge in [-0.05, 0) is 18.6 Å². The maximum absolute atomic E-state index is 11.8. The molecule has 7 nitrogen and oxygen atoms in total. The fourth-order valence-corrected chi connectivity index (χ4v) is 1.80. The highest BCUT2D eigenvalue weighted by Crippen LogP contribution is 2.34. The van der Waals surface area contributed by atoms with E-state index in [0.29, 0.717) is 36.8 Å². The Kier molecular flexibility index (Phi) is 5.63. The number of nitriles is 1. The average molecular weight is 303 g/mol. The second-order valence-corrected chi connectivity index (χ2v) is 4.48. The largest absolute Gasteiger partial charge is 0.454 e. The van der Waals surface area contributed by atoms with E-state index in [0.717, 1.165) is 0 Å². The smallest absolute Gasteiger partial charge is 0.263 e. The summed E-state index contributed by atoms with van der Waals surface area (Å²) in [5, 5.41) is 14.6. The van der Waals surface area contributed by atoms with Gasteiger partial charge in [-0.25, -0.2) is 0 Å². The molecule has 0 bridgehead atoms. The number of carbonyl (C=O) groups is 1. The highest BCUT2D eigenvalue weighted by Gasteiger charge is 2.13. The lowest BCUT2D eigenvalue weighted by molar-refractivity contribution is -0.117. The van der Waals surface area contributed by atoms with Gasteiger partial charge in [-0.1, -0.05) is 0 Å². The van der Waals surface area contributed by atoms with Crippen LogP contribution in [0.25, 0.3) is 0 Å². The highest BCUT2D eigenvalue weighted by molar-refractivity contribution is 5.97. The first-order valence-corrected chi connectivity index (χ1v) is 6.78. The van der Waals surface area contributed by atoms with Crippen LogP contribution < -0.4 is 20.1 Å². The number of fused-ring (bicyclic) bond motifs is 1. The van der Waals surface area contributed by atoms with Crippen LogP contribution in [0.5, 0.6) is 11.5 Å². The molecule has 2 rings (SSSR count). The van der Waals surface area contributed by atoms with E-state index in [1.807, 2.05) is 6.07 Å². The van der Waals surface area contributed by atoms with E-state index in [1.54, 1.807) is 25.3 Å². The monoisotopic (exact) mass is 303 g/mol. The van der Waals surface area contributed by atoms with Crippen molar-refractivity contribution < 1.29 is 19.0 Å². The van der Waals surface area contributed by atoms with Crippen LogP contribution in [0.15, 0.2) is 30.0 Å². The molecule has 2 N–H and O–H groups in total. The minimum Gasteiger partial charge on any atom is -0.454 e.